The minimum atomic E-state index is -1.25. The molecular formula is C15H18N4O5. The van der Waals surface area contributed by atoms with Gasteiger partial charge in [-0.3, -0.25) is 14.3 Å². The van der Waals surface area contributed by atoms with Crippen molar-refractivity contribution in [2.24, 2.45) is 0 Å². The van der Waals surface area contributed by atoms with Gasteiger partial charge in [-0.05, 0) is 32.9 Å². The van der Waals surface area contributed by atoms with E-state index in [1.807, 2.05) is 0 Å². The fourth-order valence-corrected chi connectivity index (χ4v) is 1.78. The van der Waals surface area contributed by atoms with E-state index in [1.165, 1.54) is 50.2 Å². The quantitative estimate of drug-likeness (QED) is 0.725. The van der Waals surface area contributed by atoms with Crippen molar-refractivity contribution in [2.75, 3.05) is 5.32 Å². The molecule has 0 spiro atoms. The maximum Gasteiger partial charge on any atom is 0.331 e. The summed E-state index contributed by atoms with van der Waals surface area (Å²) in [5, 5.41) is 18.2. The van der Waals surface area contributed by atoms with Crippen molar-refractivity contribution in [3.05, 3.63) is 36.5 Å². The Labute approximate surface area is 137 Å². The van der Waals surface area contributed by atoms with E-state index < -0.39 is 29.4 Å². The molecule has 2 heterocycles. The third-order valence-electron chi connectivity index (χ3n) is 3.43. The zero-order valence-electron chi connectivity index (χ0n) is 13.4. The summed E-state index contributed by atoms with van der Waals surface area (Å²) in [6, 6.07) is 2.23. The molecule has 0 aliphatic heterocycles. The Morgan fingerprint density at radius 1 is 1.38 bits per heavy atom. The van der Waals surface area contributed by atoms with Gasteiger partial charge in [-0.15, -0.1) is 0 Å². The Morgan fingerprint density at radius 3 is 2.67 bits per heavy atom. The van der Waals surface area contributed by atoms with Gasteiger partial charge in [0.2, 0.25) is 5.91 Å². The molecule has 2 amide bonds. The van der Waals surface area contributed by atoms with Gasteiger partial charge in [0.15, 0.2) is 11.3 Å². The molecule has 2 aromatic heterocycles. The van der Waals surface area contributed by atoms with E-state index in [9.17, 15) is 14.4 Å². The van der Waals surface area contributed by atoms with Crippen LogP contribution in [-0.4, -0.2) is 38.7 Å². The number of carbonyl (C=O) groups is 3. The zero-order chi connectivity index (χ0) is 17.9. The van der Waals surface area contributed by atoms with Crippen LogP contribution in [0.1, 0.15) is 31.3 Å². The normalized spacial score (nSPS) is 12.5. The summed E-state index contributed by atoms with van der Waals surface area (Å²) in [6.45, 7) is 4.49. The Morgan fingerprint density at radius 2 is 2.08 bits per heavy atom. The topological polar surface area (TPSA) is 126 Å². The summed E-state index contributed by atoms with van der Waals surface area (Å²) in [7, 11) is 0. The first-order valence-electron chi connectivity index (χ1n) is 7.15. The minimum absolute atomic E-state index is 0.102. The molecule has 0 saturated carbocycles. The number of nitrogens with zero attached hydrogens (tertiary/aromatic N) is 2. The number of carboxylic acid groups (broad SMARTS) is 1. The van der Waals surface area contributed by atoms with Crippen LogP contribution in [-0.2, 0) is 15.1 Å². The molecule has 128 valence electrons. The monoisotopic (exact) mass is 334 g/mol. The molecule has 0 saturated heterocycles. The van der Waals surface area contributed by atoms with Crippen molar-refractivity contribution in [3.63, 3.8) is 0 Å². The van der Waals surface area contributed by atoms with E-state index in [0.717, 1.165) is 0 Å². The van der Waals surface area contributed by atoms with Gasteiger partial charge in [-0.2, -0.15) is 5.10 Å². The van der Waals surface area contributed by atoms with Crippen LogP contribution in [0.2, 0.25) is 0 Å². The van der Waals surface area contributed by atoms with Crippen LogP contribution in [0.25, 0.3) is 0 Å². The fourth-order valence-electron chi connectivity index (χ4n) is 1.78. The van der Waals surface area contributed by atoms with Crippen LogP contribution in [0.3, 0.4) is 0 Å². The van der Waals surface area contributed by atoms with Crippen molar-refractivity contribution < 1.29 is 23.9 Å². The van der Waals surface area contributed by atoms with Crippen LogP contribution in [0.4, 0.5) is 5.69 Å². The van der Waals surface area contributed by atoms with Gasteiger partial charge in [0.25, 0.3) is 5.91 Å². The van der Waals surface area contributed by atoms with Gasteiger partial charge >= 0.3 is 5.97 Å². The Bertz CT molecular complexity index is 748. The van der Waals surface area contributed by atoms with Crippen LogP contribution in [0, 0.1) is 0 Å². The summed E-state index contributed by atoms with van der Waals surface area (Å²) in [5.41, 5.74) is -0.921. The predicted molar refractivity (Wildman–Crippen MR) is 83.5 cm³/mol. The summed E-state index contributed by atoms with van der Waals surface area (Å²) in [6.07, 6.45) is 4.11. The molecule has 0 radical (unpaired) electrons. The summed E-state index contributed by atoms with van der Waals surface area (Å²) in [5.74, 6) is -1.93. The molecule has 2 aromatic rings. The number of nitrogens with one attached hydrogen (secondary N) is 2. The highest BCUT2D eigenvalue weighted by molar-refractivity contribution is 5.99. The number of aromatic nitrogens is 2. The molecule has 2 rings (SSSR count). The first kappa shape index (κ1) is 17.3. The SMILES string of the molecule is CC(NC(=O)c1ccco1)C(=O)Nc1cnn(C(C)(C)C(=O)O)c1. The first-order chi connectivity index (χ1) is 11.2. The van der Waals surface area contributed by atoms with Crippen LogP contribution < -0.4 is 10.6 Å². The van der Waals surface area contributed by atoms with Crippen molar-refractivity contribution >= 4 is 23.5 Å². The van der Waals surface area contributed by atoms with Crippen LogP contribution in [0.5, 0.6) is 0 Å². The number of hydrogen-bond donors (Lipinski definition) is 3. The van der Waals surface area contributed by atoms with Gasteiger partial charge in [0, 0.05) is 6.20 Å². The molecule has 9 heteroatoms. The van der Waals surface area contributed by atoms with Crippen molar-refractivity contribution in [2.45, 2.75) is 32.4 Å². The molecule has 0 bridgehead atoms. The number of carbonyl (C=O) groups excluding carboxylic acids is 2. The van der Waals surface area contributed by atoms with E-state index >= 15 is 0 Å². The molecule has 9 nitrogen and oxygen atoms in total. The average molecular weight is 334 g/mol. The molecule has 1 atom stereocenters. The summed E-state index contributed by atoms with van der Waals surface area (Å²) in [4.78, 5) is 35.1. The Hall–Kier alpha value is -3.10. The molecule has 24 heavy (non-hydrogen) atoms. The number of carboxylic acids is 1. The van der Waals surface area contributed by atoms with Gasteiger partial charge < -0.3 is 20.2 Å². The fraction of sp³-hybridized carbons (Fsp3) is 0.333. The van der Waals surface area contributed by atoms with Gasteiger partial charge in [-0.25, -0.2) is 4.79 Å². The van der Waals surface area contributed by atoms with Crippen molar-refractivity contribution in [1.29, 1.82) is 0 Å². The van der Waals surface area contributed by atoms with Crippen LogP contribution >= 0.6 is 0 Å². The van der Waals surface area contributed by atoms with Gasteiger partial charge in [0.05, 0.1) is 18.1 Å². The molecule has 3 N–H and O–H groups in total. The minimum Gasteiger partial charge on any atom is -0.479 e. The predicted octanol–water partition coefficient (Wildman–Crippen LogP) is 1.05. The molecule has 0 aliphatic carbocycles. The number of amides is 2. The zero-order valence-corrected chi connectivity index (χ0v) is 13.4. The lowest BCUT2D eigenvalue weighted by Crippen LogP contribution is -2.41. The number of hydrogen-bond acceptors (Lipinski definition) is 5. The molecule has 0 aliphatic rings. The van der Waals surface area contributed by atoms with E-state index in [2.05, 4.69) is 15.7 Å². The summed E-state index contributed by atoms with van der Waals surface area (Å²) < 4.78 is 6.18. The lowest BCUT2D eigenvalue weighted by molar-refractivity contribution is -0.146. The van der Waals surface area contributed by atoms with E-state index in [4.69, 9.17) is 9.52 Å². The molecular weight excluding hydrogens is 316 g/mol. The van der Waals surface area contributed by atoms with Crippen LogP contribution in [0.15, 0.2) is 35.2 Å². The standard InChI is InChI=1S/C15H18N4O5/c1-9(17-13(21)11-5-4-6-24-11)12(20)18-10-7-16-19(8-10)15(2,3)14(22)23/h4-9H,1-3H3,(H,17,21)(H,18,20)(H,22,23). The van der Waals surface area contributed by atoms with Gasteiger partial charge in [0.1, 0.15) is 6.04 Å². The Kier molecular flexibility index (Phi) is 4.72. The molecule has 0 fully saturated rings. The number of aliphatic carboxylic acids is 1. The number of anilines is 1. The number of rotatable bonds is 6. The highest BCUT2D eigenvalue weighted by Crippen LogP contribution is 2.17. The van der Waals surface area contributed by atoms with Gasteiger partial charge in [-0.1, -0.05) is 0 Å². The third kappa shape index (κ3) is 3.62. The highest BCUT2D eigenvalue weighted by Gasteiger charge is 2.30. The maximum absolute atomic E-state index is 12.1. The second kappa shape index (κ2) is 6.57. The second-order valence-electron chi connectivity index (χ2n) is 5.70. The second-order valence-corrected chi connectivity index (χ2v) is 5.70. The number of furan rings is 1. The first-order valence-corrected chi connectivity index (χ1v) is 7.15. The lowest BCUT2D eigenvalue weighted by atomic mass is 10.1. The molecule has 1 unspecified atom stereocenters. The molecule has 0 aromatic carbocycles. The highest BCUT2D eigenvalue weighted by atomic mass is 16.4. The van der Waals surface area contributed by atoms with Crippen molar-refractivity contribution in [3.8, 4) is 0 Å². The van der Waals surface area contributed by atoms with E-state index in [1.54, 1.807) is 6.07 Å². The van der Waals surface area contributed by atoms with E-state index in [0.29, 0.717) is 5.69 Å². The average Bonchev–Trinajstić information content (AvgIpc) is 3.18. The largest absolute Gasteiger partial charge is 0.479 e. The third-order valence-corrected chi connectivity index (χ3v) is 3.43. The summed E-state index contributed by atoms with van der Waals surface area (Å²) >= 11 is 0. The maximum atomic E-state index is 12.1. The smallest absolute Gasteiger partial charge is 0.331 e. The Balaban J connectivity index is 1.98. The van der Waals surface area contributed by atoms with E-state index in [-0.39, 0.29) is 5.76 Å². The lowest BCUT2D eigenvalue weighted by Gasteiger charge is -2.19. The van der Waals surface area contributed by atoms with Crippen molar-refractivity contribution in [1.82, 2.24) is 15.1 Å².